The first-order chi connectivity index (χ1) is 18.3. The van der Waals surface area contributed by atoms with Gasteiger partial charge in [-0.15, -0.1) is 0 Å². The minimum Gasteiger partial charge on any atom is -0.392 e. The number of hydrogen-bond donors (Lipinski definition) is 2. The van der Waals surface area contributed by atoms with Gasteiger partial charge in [0.15, 0.2) is 0 Å². The van der Waals surface area contributed by atoms with Crippen molar-refractivity contribution in [1.29, 1.82) is 0 Å². The fourth-order valence-corrected chi connectivity index (χ4v) is 6.01. The summed E-state index contributed by atoms with van der Waals surface area (Å²) in [5.74, 6) is 2.56. The Kier molecular flexibility index (Phi) is 6.92. The molecule has 3 heterocycles. The Morgan fingerprint density at radius 2 is 1.54 bits per heavy atom. The molecular formula is C29H30N6OS. The van der Waals surface area contributed by atoms with Crippen LogP contribution in [0.2, 0.25) is 0 Å². The first-order valence-corrected chi connectivity index (χ1v) is 13.6. The lowest BCUT2D eigenvalue weighted by atomic mass is 10.2. The van der Waals surface area contributed by atoms with E-state index in [-0.39, 0.29) is 6.61 Å². The van der Waals surface area contributed by atoms with Gasteiger partial charge in [0.2, 0.25) is 11.9 Å². The Morgan fingerprint density at radius 3 is 2.41 bits per heavy atom. The van der Waals surface area contributed by atoms with Gasteiger partial charge in [-0.25, -0.2) is 4.98 Å². The molecule has 1 aromatic heterocycles. The number of hydrogen-bond acceptors (Lipinski definition) is 8. The van der Waals surface area contributed by atoms with Gasteiger partial charge < -0.3 is 15.3 Å². The van der Waals surface area contributed by atoms with Crippen LogP contribution in [-0.4, -0.2) is 52.1 Å². The number of anilines is 2. The number of fused-ring (bicyclic) bond motifs is 2. The number of guanidine groups is 1. The minimum atomic E-state index is 0.0243. The molecule has 188 valence electrons. The van der Waals surface area contributed by atoms with Crippen LogP contribution in [-0.2, 0) is 13.2 Å². The molecule has 2 aliphatic heterocycles. The van der Waals surface area contributed by atoms with Crippen molar-refractivity contribution in [2.75, 3.05) is 36.4 Å². The Hall–Kier alpha value is -3.62. The lowest BCUT2D eigenvalue weighted by Crippen LogP contribution is -2.53. The molecule has 0 radical (unpaired) electrons. The molecular weight excluding hydrogens is 480 g/mol. The molecule has 1 saturated heterocycles. The van der Waals surface area contributed by atoms with Crippen LogP contribution in [0.4, 0.5) is 11.8 Å². The standard InChI is InChI=1S/C29H30N6OS/c36-20-22-10-2-6-14-26(22)37-25-13-5-1-9-21(25)19-31-28-32-24-12-4-3-11-23(24)27(33-28)35-18-8-17-34-16-7-15-30-29(34)35/h1-6,9-14,36H,7-8,15-20H2,(H,31,32,33). The Balaban J connectivity index is 1.30. The number of aromatic nitrogens is 2. The number of nitrogens with one attached hydrogen (secondary N) is 1. The molecule has 3 aromatic carbocycles. The summed E-state index contributed by atoms with van der Waals surface area (Å²) >= 11 is 1.67. The van der Waals surface area contributed by atoms with Crippen LogP contribution < -0.4 is 10.2 Å². The maximum atomic E-state index is 9.75. The molecule has 7 nitrogen and oxygen atoms in total. The van der Waals surface area contributed by atoms with Gasteiger partial charge in [-0.3, -0.25) is 9.89 Å². The zero-order valence-corrected chi connectivity index (χ0v) is 21.5. The van der Waals surface area contributed by atoms with Crippen LogP contribution in [0, 0.1) is 0 Å². The Morgan fingerprint density at radius 1 is 0.811 bits per heavy atom. The van der Waals surface area contributed by atoms with Crippen molar-refractivity contribution in [2.24, 2.45) is 4.99 Å². The third-order valence-electron chi connectivity index (χ3n) is 6.78. The van der Waals surface area contributed by atoms with Gasteiger partial charge in [0.25, 0.3) is 0 Å². The predicted molar refractivity (Wildman–Crippen MR) is 150 cm³/mol. The summed E-state index contributed by atoms with van der Waals surface area (Å²) in [7, 11) is 0. The normalized spacial score (nSPS) is 15.4. The number of rotatable bonds is 7. The highest BCUT2D eigenvalue weighted by atomic mass is 32.2. The van der Waals surface area contributed by atoms with E-state index in [2.05, 4.69) is 45.4 Å². The largest absolute Gasteiger partial charge is 0.392 e. The van der Waals surface area contributed by atoms with E-state index >= 15 is 0 Å². The van der Waals surface area contributed by atoms with Gasteiger partial charge >= 0.3 is 0 Å². The van der Waals surface area contributed by atoms with Gasteiger partial charge in [-0.2, -0.15) is 4.98 Å². The quantitative estimate of drug-likeness (QED) is 0.356. The summed E-state index contributed by atoms with van der Waals surface area (Å²) in [5, 5.41) is 14.3. The van der Waals surface area contributed by atoms with Crippen LogP contribution in [0.15, 0.2) is 87.6 Å². The maximum Gasteiger partial charge on any atom is 0.225 e. The van der Waals surface area contributed by atoms with Gasteiger partial charge in [0, 0.05) is 47.9 Å². The van der Waals surface area contributed by atoms with E-state index < -0.39 is 0 Å². The fraction of sp³-hybridized carbons (Fsp3) is 0.276. The third-order valence-corrected chi connectivity index (χ3v) is 8.02. The summed E-state index contributed by atoms with van der Waals surface area (Å²) < 4.78 is 0. The number of nitrogens with zero attached hydrogens (tertiary/aromatic N) is 5. The van der Waals surface area contributed by atoms with Gasteiger partial charge in [-0.1, -0.05) is 60.3 Å². The average molecular weight is 511 g/mol. The van der Waals surface area contributed by atoms with Crippen LogP contribution in [0.5, 0.6) is 0 Å². The van der Waals surface area contributed by atoms with E-state index in [4.69, 9.17) is 15.0 Å². The molecule has 0 saturated carbocycles. The van der Waals surface area contributed by atoms with E-state index in [1.54, 1.807) is 11.8 Å². The lowest BCUT2D eigenvalue weighted by Gasteiger charge is -2.40. The summed E-state index contributed by atoms with van der Waals surface area (Å²) in [5.41, 5.74) is 3.00. The van der Waals surface area contributed by atoms with Crippen molar-refractivity contribution < 1.29 is 5.11 Å². The highest BCUT2D eigenvalue weighted by Gasteiger charge is 2.29. The zero-order chi connectivity index (χ0) is 25.0. The van der Waals surface area contributed by atoms with Gasteiger partial charge in [0.1, 0.15) is 5.82 Å². The molecule has 0 bridgehead atoms. The summed E-state index contributed by atoms with van der Waals surface area (Å²) in [6.45, 7) is 4.49. The van der Waals surface area contributed by atoms with E-state index in [1.165, 1.54) is 0 Å². The maximum absolute atomic E-state index is 9.75. The topological polar surface area (TPSA) is 76.9 Å². The molecule has 4 aromatic rings. The SMILES string of the molecule is OCc1ccccc1Sc1ccccc1CNc1nc(N2CCCN3CCCN=C32)c2ccccc2n1. The number of benzene rings is 3. The van der Waals surface area contributed by atoms with Crippen molar-refractivity contribution in [3.8, 4) is 0 Å². The highest BCUT2D eigenvalue weighted by molar-refractivity contribution is 7.99. The van der Waals surface area contributed by atoms with Crippen molar-refractivity contribution >= 4 is 40.4 Å². The molecule has 8 heteroatoms. The summed E-state index contributed by atoms with van der Waals surface area (Å²) in [6, 6.07) is 24.5. The number of para-hydroxylation sites is 1. The number of aliphatic hydroxyl groups is 1. The van der Waals surface area contributed by atoms with Crippen LogP contribution in [0.3, 0.4) is 0 Å². The molecule has 0 aliphatic carbocycles. The van der Waals surface area contributed by atoms with Crippen LogP contribution in [0.25, 0.3) is 10.9 Å². The molecule has 0 amide bonds. The van der Waals surface area contributed by atoms with E-state index in [1.807, 2.05) is 42.5 Å². The first kappa shape index (κ1) is 23.8. The number of aliphatic imine (C=N–C) groups is 1. The molecule has 0 unspecified atom stereocenters. The third kappa shape index (κ3) is 4.99. The van der Waals surface area contributed by atoms with Crippen LogP contribution in [0.1, 0.15) is 24.0 Å². The smallest absolute Gasteiger partial charge is 0.225 e. The molecule has 1 fully saturated rings. The molecule has 0 spiro atoms. The summed E-state index contributed by atoms with van der Waals surface area (Å²) in [6.07, 6.45) is 2.19. The zero-order valence-electron chi connectivity index (χ0n) is 20.7. The van der Waals surface area contributed by atoms with Crippen molar-refractivity contribution in [3.63, 3.8) is 0 Å². The van der Waals surface area contributed by atoms with E-state index in [0.717, 1.165) is 82.6 Å². The molecule has 0 atom stereocenters. The lowest BCUT2D eigenvalue weighted by molar-refractivity contribution is 0.279. The molecule has 2 N–H and O–H groups in total. The second-order valence-electron chi connectivity index (χ2n) is 9.24. The van der Waals surface area contributed by atoms with Crippen molar-refractivity contribution in [1.82, 2.24) is 14.9 Å². The average Bonchev–Trinajstić information content (AvgIpc) is 2.96. The molecule has 37 heavy (non-hydrogen) atoms. The second kappa shape index (κ2) is 10.8. The Labute approximate surface area is 221 Å². The molecule has 6 rings (SSSR count). The van der Waals surface area contributed by atoms with Crippen molar-refractivity contribution in [2.45, 2.75) is 35.8 Å². The summed E-state index contributed by atoms with van der Waals surface area (Å²) in [4.78, 5) is 21.6. The number of aliphatic hydroxyl groups excluding tert-OH is 1. The Bertz CT molecular complexity index is 1440. The first-order valence-electron chi connectivity index (χ1n) is 12.8. The highest BCUT2D eigenvalue weighted by Crippen LogP contribution is 2.34. The minimum absolute atomic E-state index is 0.0243. The molecule has 2 aliphatic rings. The van der Waals surface area contributed by atoms with Gasteiger partial charge in [0.05, 0.1) is 12.1 Å². The van der Waals surface area contributed by atoms with Crippen molar-refractivity contribution in [3.05, 3.63) is 83.9 Å². The van der Waals surface area contributed by atoms with Gasteiger partial charge in [-0.05, 0) is 48.2 Å². The second-order valence-corrected chi connectivity index (χ2v) is 10.3. The van der Waals surface area contributed by atoms with E-state index in [9.17, 15) is 5.11 Å². The van der Waals surface area contributed by atoms with Crippen LogP contribution >= 0.6 is 11.8 Å². The van der Waals surface area contributed by atoms with E-state index in [0.29, 0.717) is 12.5 Å². The monoisotopic (exact) mass is 510 g/mol. The fourth-order valence-electron chi connectivity index (χ4n) is 4.95. The predicted octanol–water partition coefficient (Wildman–Crippen LogP) is 5.16.